The number of carbonyl (C=O) groups excluding carboxylic acids is 1. The fraction of sp³-hybridized carbons (Fsp3) is 0.417. The van der Waals surface area contributed by atoms with Crippen LogP contribution in [0.25, 0.3) is 0 Å². The average Bonchev–Trinajstić information content (AvgIpc) is 2.25. The number of nitrogens with zero attached hydrogens (tertiary/aromatic N) is 1. The molecule has 0 atom stereocenters. The summed E-state index contributed by atoms with van der Waals surface area (Å²) < 4.78 is 0. The van der Waals surface area contributed by atoms with Crippen molar-refractivity contribution < 1.29 is 9.90 Å². The molecule has 0 saturated heterocycles. The van der Waals surface area contributed by atoms with Crippen molar-refractivity contribution in [1.82, 2.24) is 10.2 Å². The van der Waals surface area contributed by atoms with Gasteiger partial charge in [-0.3, -0.25) is 4.79 Å². The maximum Gasteiger partial charge on any atom is 0.253 e. The fourth-order valence-corrected chi connectivity index (χ4v) is 1.47. The third kappa shape index (κ3) is 2.97. The van der Waals surface area contributed by atoms with Crippen LogP contribution in [0.15, 0.2) is 18.2 Å². The monoisotopic (exact) mass is 222 g/mol. The van der Waals surface area contributed by atoms with Gasteiger partial charge in [-0.25, -0.2) is 0 Å². The summed E-state index contributed by atoms with van der Waals surface area (Å²) >= 11 is 0. The first-order valence-corrected chi connectivity index (χ1v) is 5.26. The van der Waals surface area contributed by atoms with Crippen LogP contribution in [-0.4, -0.2) is 43.1 Å². The number of hydrogen-bond donors (Lipinski definition) is 2. The second-order valence-electron chi connectivity index (χ2n) is 3.83. The lowest BCUT2D eigenvalue weighted by atomic mass is 10.1. The summed E-state index contributed by atoms with van der Waals surface area (Å²) in [6.07, 6.45) is 0. The van der Waals surface area contributed by atoms with Crippen molar-refractivity contribution in [1.29, 1.82) is 0 Å². The first-order valence-electron chi connectivity index (χ1n) is 5.26. The number of hydrogen-bond acceptors (Lipinski definition) is 3. The second kappa shape index (κ2) is 5.51. The fourth-order valence-electron chi connectivity index (χ4n) is 1.47. The van der Waals surface area contributed by atoms with Gasteiger partial charge in [-0.2, -0.15) is 0 Å². The van der Waals surface area contributed by atoms with E-state index < -0.39 is 0 Å². The number of nitrogens with one attached hydrogen (secondary N) is 1. The first kappa shape index (κ1) is 12.5. The molecule has 0 radical (unpaired) electrons. The van der Waals surface area contributed by atoms with Crippen molar-refractivity contribution in [3.63, 3.8) is 0 Å². The topological polar surface area (TPSA) is 52.6 Å². The number of phenols is 1. The molecule has 0 bridgehead atoms. The van der Waals surface area contributed by atoms with E-state index >= 15 is 0 Å². The Balaban J connectivity index is 2.79. The third-order valence-corrected chi connectivity index (χ3v) is 2.48. The number of benzene rings is 1. The van der Waals surface area contributed by atoms with Gasteiger partial charge in [-0.1, -0.05) is 0 Å². The van der Waals surface area contributed by atoms with Crippen LogP contribution in [-0.2, 0) is 0 Å². The van der Waals surface area contributed by atoms with E-state index in [1.807, 2.05) is 14.0 Å². The standard InChI is InChI=1S/C12H18N2O2/c1-9-8-10(15)4-5-11(9)12(16)14(3)7-6-13-2/h4-5,8,13,15H,6-7H2,1-3H3. The number of carbonyl (C=O) groups is 1. The molecular formula is C12H18N2O2. The molecule has 1 amide bonds. The van der Waals surface area contributed by atoms with Crippen LogP contribution in [0.2, 0.25) is 0 Å². The maximum absolute atomic E-state index is 12.0. The Bertz CT molecular complexity index is 377. The molecule has 4 nitrogen and oxygen atoms in total. The molecule has 1 aromatic rings. The molecule has 1 rings (SSSR count). The summed E-state index contributed by atoms with van der Waals surface area (Å²) in [6, 6.07) is 4.79. The Morgan fingerprint density at radius 3 is 2.75 bits per heavy atom. The lowest BCUT2D eigenvalue weighted by Gasteiger charge is -2.18. The van der Waals surface area contributed by atoms with Crippen molar-refractivity contribution in [3.8, 4) is 5.75 Å². The Labute approximate surface area is 95.9 Å². The highest BCUT2D eigenvalue weighted by Gasteiger charge is 2.13. The van der Waals surface area contributed by atoms with Crippen molar-refractivity contribution in [2.45, 2.75) is 6.92 Å². The molecule has 0 saturated carbocycles. The quantitative estimate of drug-likeness (QED) is 0.799. The molecule has 4 heteroatoms. The second-order valence-corrected chi connectivity index (χ2v) is 3.83. The normalized spacial score (nSPS) is 10.2. The molecule has 88 valence electrons. The number of aromatic hydroxyl groups is 1. The molecule has 0 heterocycles. The van der Waals surface area contributed by atoms with E-state index in [0.29, 0.717) is 12.1 Å². The van der Waals surface area contributed by atoms with E-state index in [4.69, 9.17) is 0 Å². The molecule has 0 fully saturated rings. The summed E-state index contributed by atoms with van der Waals surface area (Å²) in [4.78, 5) is 13.7. The van der Waals surface area contributed by atoms with Gasteiger partial charge in [0.05, 0.1) is 0 Å². The zero-order chi connectivity index (χ0) is 12.1. The Morgan fingerprint density at radius 2 is 2.19 bits per heavy atom. The smallest absolute Gasteiger partial charge is 0.253 e. The van der Waals surface area contributed by atoms with E-state index in [-0.39, 0.29) is 11.7 Å². The lowest BCUT2D eigenvalue weighted by Crippen LogP contribution is -2.33. The maximum atomic E-state index is 12.0. The van der Waals surface area contributed by atoms with Crippen LogP contribution in [0, 0.1) is 6.92 Å². The SMILES string of the molecule is CNCCN(C)C(=O)c1ccc(O)cc1C. The van der Waals surface area contributed by atoms with Gasteiger partial charge >= 0.3 is 0 Å². The predicted octanol–water partition coefficient (Wildman–Crippen LogP) is 0.992. The van der Waals surface area contributed by atoms with E-state index in [2.05, 4.69) is 5.32 Å². The summed E-state index contributed by atoms with van der Waals surface area (Å²) in [5.74, 6) is 0.166. The first-order chi connectivity index (χ1) is 7.56. The number of rotatable bonds is 4. The minimum absolute atomic E-state index is 0.0206. The Kier molecular flexibility index (Phi) is 4.31. The van der Waals surface area contributed by atoms with Gasteiger partial charge in [0.25, 0.3) is 5.91 Å². The van der Waals surface area contributed by atoms with Crippen LogP contribution >= 0.6 is 0 Å². The predicted molar refractivity (Wildman–Crippen MR) is 63.7 cm³/mol. The molecule has 1 aromatic carbocycles. The van der Waals surface area contributed by atoms with Crippen molar-refractivity contribution in [2.75, 3.05) is 27.2 Å². The van der Waals surface area contributed by atoms with Crippen LogP contribution in [0.5, 0.6) is 5.75 Å². The number of amides is 1. The average molecular weight is 222 g/mol. The minimum Gasteiger partial charge on any atom is -0.508 e. The zero-order valence-electron chi connectivity index (χ0n) is 9.95. The Hall–Kier alpha value is -1.55. The highest BCUT2D eigenvalue weighted by atomic mass is 16.3. The van der Waals surface area contributed by atoms with Crippen molar-refractivity contribution in [2.24, 2.45) is 0 Å². The molecule has 0 aliphatic carbocycles. The highest BCUT2D eigenvalue weighted by Crippen LogP contribution is 2.16. The van der Waals surface area contributed by atoms with Gasteiger partial charge in [-0.05, 0) is 37.7 Å². The molecule has 0 aromatic heterocycles. The Morgan fingerprint density at radius 1 is 1.50 bits per heavy atom. The lowest BCUT2D eigenvalue weighted by molar-refractivity contribution is 0.0796. The zero-order valence-corrected chi connectivity index (χ0v) is 9.95. The van der Waals surface area contributed by atoms with Crippen LogP contribution in [0.4, 0.5) is 0 Å². The largest absolute Gasteiger partial charge is 0.508 e. The van der Waals surface area contributed by atoms with Gasteiger partial charge in [-0.15, -0.1) is 0 Å². The van der Waals surface area contributed by atoms with Crippen LogP contribution in [0.3, 0.4) is 0 Å². The summed E-state index contributed by atoms with van der Waals surface area (Å²) in [5, 5.41) is 12.3. The van der Waals surface area contributed by atoms with Gasteiger partial charge in [0.1, 0.15) is 5.75 Å². The molecule has 0 aliphatic rings. The minimum atomic E-state index is -0.0206. The summed E-state index contributed by atoms with van der Waals surface area (Å²) in [6.45, 7) is 3.24. The van der Waals surface area contributed by atoms with E-state index in [1.165, 1.54) is 6.07 Å². The summed E-state index contributed by atoms with van der Waals surface area (Å²) in [7, 11) is 3.62. The molecule has 0 unspecified atom stereocenters. The molecular weight excluding hydrogens is 204 g/mol. The van der Waals surface area contributed by atoms with Gasteiger partial charge in [0, 0.05) is 25.7 Å². The van der Waals surface area contributed by atoms with Gasteiger partial charge in [0.15, 0.2) is 0 Å². The van der Waals surface area contributed by atoms with Gasteiger partial charge in [0.2, 0.25) is 0 Å². The van der Waals surface area contributed by atoms with E-state index in [0.717, 1.165) is 12.1 Å². The van der Waals surface area contributed by atoms with E-state index in [1.54, 1.807) is 24.1 Å². The molecule has 0 spiro atoms. The van der Waals surface area contributed by atoms with Crippen molar-refractivity contribution >= 4 is 5.91 Å². The number of likely N-dealkylation sites (N-methyl/N-ethyl adjacent to an activating group) is 2. The third-order valence-electron chi connectivity index (χ3n) is 2.48. The molecule has 0 aliphatic heterocycles. The van der Waals surface area contributed by atoms with Gasteiger partial charge < -0.3 is 15.3 Å². The molecule has 2 N–H and O–H groups in total. The summed E-state index contributed by atoms with van der Waals surface area (Å²) in [5.41, 5.74) is 1.43. The highest BCUT2D eigenvalue weighted by molar-refractivity contribution is 5.95. The van der Waals surface area contributed by atoms with Crippen LogP contribution in [0.1, 0.15) is 15.9 Å². The van der Waals surface area contributed by atoms with Crippen molar-refractivity contribution in [3.05, 3.63) is 29.3 Å². The van der Waals surface area contributed by atoms with Crippen LogP contribution < -0.4 is 5.32 Å². The van der Waals surface area contributed by atoms with E-state index in [9.17, 15) is 9.90 Å². The number of aryl methyl sites for hydroxylation is 1. The molecule has 16 heavy (non-hydrogen) atoms. The number of phenolic OH excluding ortho intramolecular Hbond substituents is 1.